The first-order chi connectivity index (χ1) is 12.6. The number of aryl methyl sites for hydroxylation is 1. The van der Waals surface area contributed by atoms with Gasteiger partial charge in [-0.15, -0.1) is 0 Å². The van der Waals surface area contributed by atoms with Gasteiger partial charge in [0.05, 0.1) is 10.9 Å². The minimum Gasteiger partial charge on any atom is -0.346 e. The molecule has 0 heterocycles. The molecule has 7 nitrogen and oxygen atoms in total. The lowest BCUT2D eigenvalue weighted by Gasteiger charge is -2.16. The molecule has 0 bridgehead atoms. The molecule has 2 amide bonds. The van der Waals surface area contributed by atoms with E-state index in [0.29, 0.717) is 17.7 Å². The number of rotatable bonds is 6. The zero-order chi connectivity index (χ0) is 20.2. The van der Waals surface area contributed by atoms with Crippen LogP contribution in [-0.2, 0) is 14.8 Å². The van der Waals surface area contributed by atoms with Crippen LogP contribution >= 0.6 is 0 Å². The number of nitrogens with two attached hydrogens (primary N) is 1. The molecule has 0 saturated heterocycles. The van der Waals surface area contributed by atoms with Crippen molar-refractivity contribution < 1.29 is 18.0 Å². The van der Waals surface area contributed by atoms with Crippen LogP contribution < -0.4 is 15.8 Å². The van der Waals surface area contributed by atoms with E-state index in [1.54, 1.807) is 32.0 Å². The highest BCUT2D eigenvalue weighted by molar-refractivity contribution is 7.89. The zero-order valence-corrected chi connectivity index (χ0v) is 16.3. The molecule has 2 rings (SSSR count). The Bertz CT molecular complexity index is 953. The van der Waals surface area contributed by atoms with E-state index in [4.69, 9.17) is 5.14 Å². The summed E-state index contributed by atoms with van der Waals surface area (Å²) in [5.41, 5.74) is 2.42. The van der Waals surface area contributed by atoms with Gasteiger partial charge in [0.25, 0.3) is 5.91 Å². The van der Waals surface area contributed by atoms with Crippen LogP contribution in [0.5, 0.6) is 0 Å². The lowest BCUT2D eigenvalue weighted by molar-refractivity contribution is -0.115. The van der Waals surface area contributed by atoms with Crippen molar-refractivity contribution in [2.45, 2.75) is 38.1 Å². The van der Waals surface area contributed by atoms with E-state index in [2.05, 4.69) is 10.6 Å². The van der Waals surface area contributed by atoms with Gasteiger partial charge in [0.15, 0.2) is 0 Å². The van der Waals surface area contributed by atoms with Crippen molar-refractivity contribution in [3.63, 3.8) is 0 Å². The Balaban J connectivity index is 2.15. The molecular formula is C19H23N3O4S. The Morgan fingerprint density at radius 1 is 1.11 bits per heavy atom. The smallest absolute Gasteiger partial charge is 0.252 e. The first kappa shape index (κ1) is 20.6. The van der Waals surface area contributed by atoms with Crippen molar-refractivity contribution in [3.8, 4) is 0 Å². The van der Waals surface area contributed by atoms with Gasteiger partial charge in [-0.1, -0.05) is 25.1 Å². The van der Waals surface area contributed by atoms with E-state index in [9.17, 15) is 18.0 Å². The number of nitrogens with one attached hydrogen (secondary N) is 2. The maximum Gasteiger partial charge on any atom is 0.252 e. The second-order valence-corrected chi connectivity index (χ2v) is 7.80. The summed E-state index contributed by atoms with van der Waals surface area (Å²) < 4.78 is 23.0. The normalized spacial score (nSPS) is 12.3. The number of benzene rings is 2. The Hall–Kier alpha value is -2.71. The topological polar surface area (TPSA) is 118 Å². The summed E-state index contributed by atoms with van der Waals surface area (Å²) in [5, 5.41) is 10.7. The average Bonchev–Trinajstić information content (AvgIpc) is 2.61. The van der Waals surface area contributed by atoms with Crippen molar-refractivity contribution in [1.82, 2.24) is 5.32 Å². The summed E-state index contributed by atoms with van der Waals surface area (Å²) in [6.45, 7) is 5.31. The standard InChI is InChI=1S/C19H23N3O4S/c1-4-18(23)22-15-8-6-14(7-9-15)13(3)21-19(24)17-11-16(27(20,25)26)10-5-12(17)2/h5-11,13H,4H2,1-3H3,(H,21,24)(H,22,23)(H2,20,25,26). The highest BCUT2D eigenvalue weighted by Crippen LogP contribution is 2.19. The van der Waals surface area contributed by atoms with Crippen molar-refractivity contribution in [2.24, 2.45) is 5.14 Å². The second kappa shape index (κ2) is 8.32. The minimum absolute atomic E-state index is 0.0747. The molecular weight excluding hydrogens is 366 g/mol. The first-order valence-corrected chi connectivity index (χ1v) is 10.0. The Kier molecular flexibility index (Phi) is 6.35. The zero-order valence-electron chi connectivity index (χ0n) is 15.4. The Morgan fingerprint density at radius 3 is 2.30 bits per heavy atom. The van der Waals surface area contributed by atoms with Gasteiger partial charge >= 0.3 is 0 Å². The van der Waals surface area contributed by atoms with Crippen molar-refractivity contribution in [2.75, 3.05) is 5.32 Å². The third kappa shape index (κ3) is 5.38. The monoisotopic (exact) mass is 389 g/mol. The lowest BCUT2D eigenvalue weighted by Crippen LogP contribution is -2.27. The fourth-order valence-corrected chi connectivity index (χ4v) is 3.02. The molecule has 0 saturated carbocycles. The van der Waals surface area contributed by atoms with E-state index >= 15 is 0 Å². The van der Waals surface area contributed by atoms with Crippen LogP contribution in [0.25, 0.3) is 0 Å². The summed E-state index contributed by atoms with van der Waals surface area (Å²) >= 11 is 0. The average molecular weight is 389 g/mol. The summed E-state index contributed by atoms with van der Waals surface area (Å²) in [5.74, 6) is -0.469. The fraction of sp³-hybridized carbons (Fsp3) is 0.263. The van der Waals surface area contributed by atoms with Crippen molar-refractivity contribution >= 4 is 27.5 Å². The molecule has 1 atom stereocenters. The predicted octanol–water partition coefficient (Wildman–Crippen LogP) is 2.48. The Morgan fingerprint density at radius 2 is 1.74 bits per heavy atom. The van der Waals surface area contributed by atoms with Gasteiger partial charge in [0.1, 0.15) is 0 Å². The first-order valence-electron chi connectivity index (χ1n) is 8.46. The quantitative estimate of drug-likeness (QED) is 0.703. The summed E-state index contributed by atoms with van der Waals surface area (Å²) in [6.07, 6.45) is 0.394. The van der Waals surface area contributed by atoms with Crippen LogP contribution in [0.4, 0.5) is 5.69 Å². The van der Waals surface area contributed by atoms with Gasteiger partial charge in [-0.25, -0.2) is 13.6 Å². The fourth-order valence-electron chi connectivity index (χ4n) is 2.48. The van der Waals surface area contributed by atoms with Crippen molar-refractivity contribution in [1.29, 1.82) is 0 Å². The minimum atomic E-state index is -3.89. The number of carbonyl (C=O) groups is 2. The predicted molar refractivity (Wildman–Crippen MR) is 104 cm³/mol. The van der Waals surface area contributed by atoms with Gasteiger partial charge in [-0.3, -0.25) is 9.59 Å². The van der Waals surface area contributed by atoms with Crippen LogP contribution in [0, 0.1) is 6.92 Å². The molecule has 0 aliphatic carbocycles. The maximum atomic E-state index is 12.6. The highest BCUT2D eigenvalue weighted by Gasteiger charge is 2.17. The third-order valence-electron chi connectivity index (χ3n) is 4.15. The molecule has 0 radical (unpaired) electrons. The van der Waals surface area contributed by atoms with E-state index in [-0.39, 0.29) is 22.4 Å². The molecule has 8 heteroatoms. The van der Waals surface area contributed by atoms with E-state index in [1.807, 2.05) is 19.1 Å². The van der Waals surface area contributed by atoms with Crippen LogP contribution in [0.1, 0.15) is 47.8 Å². The number of hydrogen-bond acceptors (Lipinski definition) is 4. The number of anilines is 1. The second-order valence-electron chi connectivity index (χ2n) is 6.24. The van der Waals surface area contributed by atoms with E-state index in [0.717, 1.165) is 5.56 Å². The van der Waals surface area contributed by atoms with Gasteiger partial charge in [-0.05, 0) is 49.2 Å². The van der Waals surface area contributed by atoms with Gasteiger partial charge in [-0.2, -0.15) is 0 Å². The van der Waals surface area contributed by atoms with Gasteiger partial charge in [0.2, 0.25) is 15.9 Å². The SMILES string of the molecule is CCC(=O)Nc1ccc(C(C)NC(=O)c2cc(S(N)(=O)=O)ccc2C)cc1. The summed E-state index contributed by atoms with van der Waals surface area (Å²) in [7, 11) is -3.89. The molecule has 2 aromatic rings. The molecule has 2 aromatic carbocycles. The molecule has 4 N–H and O–H groups in total. The lowest BCUT2D eigenvalue weighted by atomic mass is 10.1. The van der Waals surface area contributed by atoms with Gasteiger partial charge < -0.3 is 10.6 Å². The number of primary sulfonamides is 1. The molecule has 27 heavy (non-hydrogen) atoms. The molecule has 0 spiro atoms. The molecule has 0 aromatic heterocycles. The number of carbonyl (C=O) groups excluding carboxylic acids is 2. The van der Waals surface area contributed by atoms with Crippen LogP contribution in [-0.4, -0.2) is 20.2 Å². The summed E-state index contributed by atoms with van der Waals surface area (Å²) in [6, 6.07) is 11.0. The molecule has 0 aliphatic heterocycles. The third-order valence-corrected chi connectivity index (χ3v) is 5.06. The number of amides is 2. The summed E-state index contributed by atoms with van der Waals surface area (Å²) in [4.78, 5) is 23.9. The largest absolute Gasteiger partial charge is 0.346 e. The molecule has 1 unspecified atom stereocenters. The van der Waals surface area contributed by atoms with Crippen LogP contribution in [0.15, 0.2) is 47.4 Å². The number of sulfonamides is 1. The molecule has 144 valence electrons. The van der Waals surface area contributed by atoms with Gasteiger partial charge in [0, 0.05) is 17.7 Å². The van der Waals surface area contributed by atoms with E-state index < -0.39 is 15.9 Å². The highest BCUT2D eigenvalue weighted by atomic mass is 32.2. The van der Waals surface area contributed by atoms with Crippen LogP contribution in [0.3, 0.4) is 0 Å². The van der Waals surface area contributed by atoms with Crippen molar-refractivity contribution in [3.05, 3.63) is 59.2 Å². The maximum absolute atomic E-state index is 12.6. The van der Waals surface area contributed by atoms with E-state index in [1.165, 1.54) is 12.1 Å². The Labute approximate surface area is 159 Å². The number of hydrogen-bond donors (Lipinski definition) is 3. The molecule has 0 fully saturated rings. The van der Waals surface area contributed by atoms with Crippen LogP contribution in [0.2, 0.25) is 0 Å². The molecule has 0 aliphatic rings.